The minimum absolute atomic E-state index is 0.436. The van der Waals surface area contributed by atoms with Crippen molar-refractivity contribution in [1.29, 1.82) is 0 Å². The van der Waals surface area contributed by atoms with E-state index in [4.69, 9.17) is 5.73 Å². The van der Waals surface area contributed by atoms with Gasteiger partial charge in [0.1, 0.15) is 0 Å². The van der Waals surface area contributed by atoms with Crippen LogP contribution >= 0.6 is 0 Å². The fourth-order valence-electron chi connectivity index (χ4n) is 1.06. The maximum Gasteiger partial charge on any atom is 0.241 e. The summed E-state index contributed by atoms with van der Waals surface area (Å²) < 4.78 is 0. The Kier molecular flexibility index (Phi) is 3.24. The number of carbonyl (C=O) groups is 1. The van der Waals surface area contributed by atoms with Crippen LogP contribution < -0.4 is 5.73 Å². The van der Waals surface area contributed by atoms with Gasteiger partial charge in [-0.15, -0.1) is 0 Å². The first-order chi connectivity index (χ1) is 6.59. The molecule has 0 unspecified atom stereocenters. The molecule has 0 aliphatic rings. The van der Waals surface area contributed by atoms with Gasteiger partial charge >= 0.3 is 0 Å². The monoisotopic (exact) mass is 187 g/mol. The van der Waals surface area contributed by atoms with E-state index in [1.807, 2.05) is 31.2 Å². The largest absolute Gasteiger partial charge is 0.366 e. The molecule has 0 fully saturated rings. The summed E-state index contributed by atoms with van der Waals surface area (Å²) in [6, 6.07) is 7.76. The van der Waals surface area contributed by atoms with Crippen molar-refractivity contribution in [3.8, 4) is 0 Å². The Bertz CT molecular complexity index is 374. The van der Waals surface area contributed by atoms with Crippen LogP contribution in [0.4, 0.5) is 0 Å². The van der Waals surface area contributed by atoms with Crippen molar-refractivity contribution >= 4 is 17.6 Å². The highest BCUT2D eigenvalue weighted by Crippen LogP contribution is 2.12. The van der Waals surface area contributed by atoms with Crippen molar-refractivity contribution in [3.63, 3.8) is 0 Å². The van der Waals surface area contributed by atoms with Gasteiger partial charge in [-0.05, 0) is 24.1 Å². The second-order valence-corrected chi connectivity index (χ2v) is 3.14. The first-order valence-electron chi connectivity index (χ1n) is 4.33. The molecule has 0 aromatic heterocycles. The fourth-order valence-corrected chi connectivity index (χ4v) is 1.06. The lowest BCUT2D eigenvalue weighted by atomic mass is 10.1. The van der Waals surface area contributed by atoms with E-state index >= 15 is 0 Å². The molecule has 0 radical (unpaired) electrons. The average Bonchev–Trinajstić information content (AvgIpc) is 2.15. The molecule has 0 saturated carbocycles. The third-order valence-corrected chi connectivity index (χ3v) is 1.84. The minimum atomic E-state index is -0.436. The second kappa shape index (κ2) is 4.42. The lowest BCUT2D eigenvalue weighted by Crippen LogP contribution is -2.05. The Hall–Kier alpha value is -1.83. The molecule has 0 saturated heterocycles. The van der Waals surface area contributed by atoms with Gasteiger partial charge in [-0.1, -0.05) is 36.4 Å². The predicted molar refractivity (Wildman–Crippen MR) is 59.4 cm³/mol. The summed E-state index contributed by atoms with van der Waals surface area (Å²) in [6.45, 7) is 5.79. The molecule has 2 nitrogen and oxygen atoms in total. The van der Waals surface area contributed by atoms with Crippen LogP contribution in [0.2, 0.25) is 0 Å². The number of primary amides is 1. The van der Waals surface area contributed by atoms with E-state index in [2.05, 4.69) is 6.58 Å². The summed E-state index contributed by atoms with van der Waals surface area (Å²) in [7, 11) is 0. The second-order valence-electron chi connectivity index (χ2n) is 3.14. The van der Waals surface area contributed by atoms with E-state index in [9.17, 15) is 4.79 Å². The van der Waals surface area contributed by atoms with E-state index < -0.39 is 5.91 Å². The van der Waals surface area contributed by atoms with E-state index in [0.717, 1.165) is 16.7 Å². The van der Waals surface area contributed by atoms with Crippen LogP contribution in [0.25, 0.3) is 11.6 Å². The van der Waals surface area contributed by atoms with Crippen molar-refractivity contribution in [2.45, 2.75) is 6.92 Å². The molecule has 2 heteroatoms. The molecule has 0 heterocycles. The first kappa shape index (κ1) is 10.3. The lowest BCUT2D eigenvalue weighted by Gasteiger charge is -1.99. The molecular weight excluding hydrogens is 174 g/mol. The number of allylic oxidation sites excluding steroid dienone is 1. The van der Waals surface area contributed by atoms with Crippen molar-refractivity contribution in [3.05, 3.63) is 48.0 Å². The number of rotatable bonds is 3. The average molecular weight is 187 g/mol. The smallest absolute Gasteiger partial charge is 0.241 e. The van der Waals surface area contributed by atoms with Gasteiger partial charge in [0.15, 0.2) is 0 Å². The van der Waals surface area contributed by atoms with Gasteiger partial charge in [0.05, 0.1) is 0 Å². The standard InChI is InChI=1S/C12H13NO/c1-9(2)11-6-3-10(4-7-11)5-8-12(13)14/h3-8H,1H2,2H3,(H2,13,14). The molecule has 0 aliphatic carbocycles. The number of nitrogens with two attached hydrogens (primary N) is 1. The molecule has 2 N–H and O–H groups in total. The molecule has 0 bridgehead atoms. The molecule has 14 heavy (non-hydrogen) atoms. The number of amides is 1. The van der Waals surface area contributed by atoms with Crippen molar-refractivity contribution in [2.24, 2.45) is 5.73 Å². The highest BCUT2D eigenvalue weighted by molar-refractivity contribution is 5.90. The lowest BCUT2D eigenvalue weighted by molar-refractivity contribution is -0.113. The summed E-state index contributed by atoms with van der Waals surface area (Å²) in [5, 5.41) is 0. The highest BCUT2D eigenvalue weighted by Gasteiger charge is 1.92. The first-order valence-corrected chi connectivity index (χ1v) is 4.33. The Labute approximate surface area is 83.7 Å². The summed E-state index contributed by atoms with van der Waals surface area (Å²) in [5.41, 5.74) is 8.05. The van der Waals surface area contributed by atoms with Crippen LogP contribution in [0.15, 0.2) is 36.9 Å². The summed E-state index contributed by atoms with van der Waals surface area (Å²) in [6.07, 6.45) is 3.03. The molecule has 1 amide bonds. The van der Waals surface area contributed by atoms with E-state index in [-0.39, 0.29) is 0 Å². The van der Waals surface area contributed by atoms with Crippen molar-refractivity contribution in [2.75, 3.05) is 0 Å². The minimum Gasteiger partial charge on any atom is -0.366 e. The predicted octanol–water partition coefficient (Wildman–Crippen LogP) is 2.22. The molecule has 1 aromatic carbocycles. The Morgan fingerprint density at radius 3 is 2.36 bits per heavy atom. The molecule has 1 rings (SSSR count). The van der Waals surface area contributed by atoms with Gasteiger partial charge in [0.2, 0.25) is 5.91 Å². The fraction of sp³-hybridized carbons (Fsp3) is 0.0833. The summed E-state index contributed by atoms with van der Waals surface area (Å²) in [4.78, 5) is 10.5. The van der Waals surface area contributed by atoms with Crippen LogP contribution in [-0.2, 0) is 4.79 Å². The Morgan fingerprint density at radius 2 is 1.93 bits per heavy atom. The van der Waals surface area contributed by atoms with Crippen LogP contribution in [0.5, 0.6) is 0 Å². The third-order valence-electron chi connectivity index (χ3n) is 1.84. The SMILES string of the molecule is C=C(C)c1ccc(C=CC(N)=O)cc1. The van der Waals surface area contributed by atoms with Gasteiger partial charge in [-0.2, -0.15) is 0 Å². The summed E-state index contributed by atoms with van der Waals surface area (Å²) >= 11 is 0. The normalized spacial score (nSPS) is 10.4. The van der Waals surface area contributed by atoms with Crippen LogP contribution in [0.1, 0.15) is 18.1 Å². The maximum absolute atomic E-state index is 10.5. The van der Waals surface area contributed by atoms with Crippen LogP contribution in [0, 0.1) is 0 Å². The number of hydrogen-bond acceptors (Lipinski definition) is 1. The van der Waals surface area contributed by atoms with Crippen LogP contribution in [0.3, 0.4) is 0 Å². The molecule has 1 aromatic rings. The van der Waals surface area contributed by atoms with Crippen LogP contribution in [-0.4, -0.2) is 5.91 Å². The Morgan fingerprint density at radius 1 is 1.36 bits per heavy atom. The van der Waals surface area contributed by atoms with Gasteiger partial charge in [0.25, 0.3) is 0 Å². The molecular formula is C12H13NO. The van der Waals surface area contributed by atoms with E-state index in [1.54, 1.807) is 6.08 Å². The topological polar surface area (TPSA) is 43.1 Å². The van der Waals surface area contributed by atoms with E-state index in [1.165, 1.54) is 6.08 Å². The quantitative estimate of drug-likeness (QED) is 0.724. The Balaban J connectivity index is 2.83. The zero-order valence-electron chi connectivity index (χ0n) is 8.16. The van der Waals surface area contributed by atoms with Gasteiger partial charge in [-0.3, -0.25) is 4.79 Å². The van der Waals surface area contributed by atoms with Gasteiger partial charge < -0.3 is 5.73 Å². The van der Waals surface area contributed by atoms with Crippen molar-refractivity contribution < 1.29 is 4.79 Å². The third kappa shape index (κ3) is 2.90. The molecule has 0 atom stereocenters. The number of benzene rings is 1. The number of hydrogen-bond donors (Lipinski definition) is 1. The summed E-state index contributed by atoms with van der Waals surface area (Å²) in [5.74, 6) is -0.436. The molecule has 0 spiro atoms. The zero-order chi connectivity index (χ0) is 10.6. The number of carbonyl (C=O) groups excluding carboxylic acids is 1. The molecule has 0 aliphatic heterocycles. The maximum atomic E-state index is 10.5. The molecule has 72 valence electrons. The zero-order valence-corrected chi connectivity index (χ0v) is 8.16. The highest BCUT2D eigenvalue weighted by atomic mass is 16.1. The van der Waals surface area contributed by atoms with Crippen molar-refractivity contribution in [1.82, 2.24) is 0 Å². The van der Waals surface area contributed by atoms with Gasteiger partial charge in [0, 0.05) is 6.08 Å². The van der Waals surface area contributed by atoms with Gasteiger partial charge in [-0.25, -0.2) is 0 Å². The van der Waals surface area contributed by atoms with E-state index in [0.29, 0.717) is 0 Å².